The maximum absolute atomic E-state index is 12.2. The van der Waals surface area contributed by atoms with Gasteiger partial charge >= 0.3 is 12.0 Å². The number of carbonyl (C=O) groups excluding carboxylic acids is 1. The van der Waals surface area contributed by atoms with Crippen molar-refractivity contribution >= 4 is 17.7 Å². The van der Waals surface area contributed by atoms with Crippen LogP contribution in [0.15, 0.2) is 18.2 Å². The lowest BCUT2D eigenvalue weighted by Crippen LogP contribution is -2.37. The number of rotatable bonds is 6. The van der Waals surface area contributed by atoms with Crippen molar-refractivity contribution in [2.24, 2.45) is 5.92 Å². The number of aromatic carboxylic acids is 1. The van der Waals surface area contributed by atoms with Crippen molar-refractivity contribution < 1.29 is 19.8 Å². The van der Waals surface area contributed by atoms with Crippen molar-refractivity contribution in [3.63, 3.8) is 0 Å². The van der Waals surface area contributed by atoms with Crippen LogP contribution in [0.4, 0.5) is 10.5 Å². The van der Waals surface area contributed by atoms with Crippen molar-refractivity contribution in [3.05, 3.63) is 23.8 Å². The average Bonchev–Trinajstić information content (AvgIpc) is 2.46. The first-order valence-corrected chi connectivity index (χ1v) is 7.01. The van der Waals surface area contributed by atoms with E-state index in [1.807, 2.05) is 6.92 Å². The molecule has 0 aromatic heterocycles. The van der Waals surface area contributed by atoms with Gasteiger partial charge in [0.1, 0.15) is 5.75 Å². The van der Waals surface area contributed by atoms with Gasteiger partial charge in [0.05, 0.1) is 11.3 Å². The Kier molecular flexibility index (Phi) is 6.02. The molecule has 0 bridgehead atoms. The van der Waals surface area contributed by atoms with Crippen LogP contribution in [0.5, 0.6) is 5.75 Å². The molecular formula is C15H22N2O4. The summed E-state index contributed by atoms with van der Waals surface area (Å²) in [5.74, 6) is -1.00. The van der Waals surface area contributed by atoms with E-state index in [1.54, 1.807) is 4.90 Å². The molecule has 0 aliphatic rings. The summed E-state index contributed by atoms with van der Waals surface area (Å²) in [6.07, 6.45) is 0.975. The van der Waals surface area contributed by atoms with Crippen LogP contribution >= 0.6 is 0 Å². The smallest absolute Gasteiger partial charge is 0.335 e. The zero-order valence-corrected chi connectivity index (χ0v) is 12.6. The van der Waals surface area contributed by atoms with Crippen LogP contribution in [0.25, 0.3) is 0 Å². The number of carboxylic acids is 1. The first-order valence-electron chi connectivity index (χ1n) is 7.01. The first-order chi connectivity index (χ1) is 9.88. The Balaban J connectivity index is 2.79. The van der Waals surface area contributed by atoms with Crippen LogP contribution in [0.1, 0.15) is 37.6 Å². The second-order valence-electron chi connectivity index (χ2n) is 5.02. The number of anilines is 1. The predicted molar refractivity (Wildman–Crippen MR) is 80.8 cm³/mol. The number of benzene rings is 1. The van der Waals surface area contributed by atoms with Gasteiger partial charge in [0.2, 0.25) is 0 Å². The third kappa shape index (κ3) is 4.66. The lowest BCUT2D eigenvalue weighted by Gasteiger charge is -2.24. The number of phenolic OH excluding ortho intramolecular Hbond substituents is 1. The van der Waals surface area contributed by atoms with Crippen LogP contribution in [-0.2, 0) is 0 Å². The lowest BCUT2D eigenvalue weighted by atomic mass is 10.1. The molecule has 1 unspecified atom stereocenters. The zero-order valence-electron chi connectivity index (χ0n) is 12.6. The maximum Gasteiger partial charge on any atom is 0.335 e. The van der Waals surface area contributed by atoms with Crippen LogP contribution in [0.2, 0.25) is 0 Å². The molecule has 6 nitrogen and oxygen atoms in total. The first kappa shape index (κ1) is 16.8. The minimum absolute atomic E-state index is 0.0301. The quantitative estimate of drug-likeness (QED) is 0.703. The third-order valence-corrected chi connectivity index (χ3v) is 3.38. The number of aromatic hydroxyl groups is 1. The summed E-state index contributed by atoms with van der Waals surface area (Å²) in [4.78, 5) is 24.6. The predicted octanol–water partition coefficient (Wildman–Crippen LogP) is 2.99. The number of urea groups is 1. The van der Waals surface area contributed by atoms with E-state index in [-0.39, 0.29) is 23.0 Å². The fourth-order valence-electron chi connectivity index (χ4n) is 1.83. The lowest BCUT2D eigenvalue weighted by molar-refractivity contribution is 0.0696. The van der Waals surface area contributed by atoms with Gasteiger partial charge in [-0.25, -0.2) is 9.59 Å². The molecule has 1 aromatic rings. The number of amides is 2. The molecule has 0 heterocycles. The summed E-state index contributed by atoms with van der Waals surface area (Å²) in [5.41, 5.74) is 0.171. The Bertz CT molecular complexity index is 516. The van der Waals surface area contributed by atoms with Gasteiger partial charge in [0, 0.05) is 13.1 Å². The van der Waals surface area contributed by atoms with E-state index < -0.39 is 5.97 Å². The number of carbonyl (C=O) groups is 2. The van der Waals surface area contributed by atoms with Crippen molar-refractivity contribution in [1.29, 1.82) is 0 Å². The monoisotopic (exact) mass is 294 g/mol. The van der Waals surface area contributed by atoms with E-state index in [9.17, 15) is 14.7 Å². The molecule has 3 N–H and O–H groups in total. The average molecular weight is 294 g/mol. The van der Waals surface area contributed by atoms with Gasteiger partial charge < -0.3 is 20.4 Å². The second kappa shape index (κ2) is 7.52. The van der Waals surface area contributed by atoms with Gasteiger partial charge in [-0.3, -0.25) is 0 Å². The Hall–Kier alpha value is -2.24. The highest BCUT2D eigenvalue weighted by Crippen LogP contribution is 2.24. The molecule has 0 saturated heterocycles. The van der Waals surface area contributed by atoms with E-state index in [2.05, 4.69) is 19.2 Å². The Labute approximate surface area is 124 Å². The van der Waals surface area contributed by atoms with E-state index >= 15 is 0 Å². The Morgan fingerprint density at radius 1 is 1.33 bits per heavy atom. The second-order valence-corrected chi connectivity index (χ2v) is 5.02. The molecule has 0 aliphatic carbocycles. The van der Waals surface area contributed by atoms with Gasteiger partial charge in [-0.15, -0.1) is 0 Å². The van der Waals surface area contributed by atoms with Crippen LogP contribution < -0.4 is 5.32 Å². The molecule has 0 fully saturated rings. The summed E-state index contributed by atoms with van der Waals surface area (Å²) < 4.78 is 0. The molecule has 6 heteroatoms. The van der Waals surface area contributed by atoms with Gasteiger partial charge in [-0.1, -0.05) is 20.3 Å². The van der Waals surface area contributed by atoms with E-state index in [0.717, 1.165) is 12.5 Å². The van der Waals surface area contributed by atoms with E-state index in [4.69, 9.17) is 5.11 Å². The summed E-state index contributed by atoms with van der Waals surface area (Å²) >= 11 is 0. The third-order valence-electron chi connectivity index (χ3n) is 3.38. The van der Waals surface area contributed by atoms with Crippen LogP contribution in [0.3, 0.4) is 0 Å². The standard InChI is InChI=1S/C15H22N2O4/c1-4-10(3)9-17(5-2)15(21)16-12-7-6-11(14(19)20)8-13(12)18/h6-8,10,18H,4-5,9H2,1-3H3,(H,16,21)(H,19,20). The fourth-order valence-corrected chi connectivity index (χ4v) is 1.83. The number of nitrogens with zero attached hydrogens (tertiary/aromatic N) is 1. The number of nitrogens with one attached hydrogen (secondary N) is 1. The van der Waals surface area contributed by atoms with Crippen molar-refractivity contribution in [1.82, 2.24) is 4.90 Å². The van der Waals surface area contributed by atoms with Gasteiger partial charge in [0.25, 0.3) is 0 Å². The van der Waals surface area contributed by atoms with Crippen LogP contribution in [0, 0.1) is 5.92 Å². The van der Waals surface area contributed by atoms with Gasteiger partial charge in [-0.2, -0.15) is 0 Å². The minimum atomic E-state index is -1.13. The highest BCUT2D eigenvalue weighted by Gasteiger charge is 2.16. The SMILES string of the molecule is CCC(C)CN(CC)C(=O)Nc1ccc(C(=O)O)cc1O. The molecular weight excluding hydrogens is 272 g/mol. The summed E-state index contributed by atoms with van der Waals surface area (Å²) in [6.45, 7) is 7.20. The molecule has 0 spiro atoms. The molecule has 1 rings (SSSR count). The zero-order chi connectivity index (χ0) is 16.0. The summed E-state index contributed by atoms with van der Waals surface area (Å²) in [7, 11) is 0. The molecule has 0 saturated carbocycles. The molecule has 0 radical (unpaired) electrons. The normalized spacial score (nSPS) is 11.8. The molecule has 21 heavy (non-hydrogen) atoms. The molecule has 1 aromatic carbocycles. The maximum atomic E-state index is 12.2. The van der Waals surface area contributed by atoms with Gasteiger partial charge in [0.15, 0.2) is 0 Å². The Morgan fingerprint density at radius 2 is 2.00 bits per heavy atom. The highest BCUT2D eigenvalue weighted by atomic mass is 16.4. The van der Waals surface area contributed by atoms with Crippen molar-refractivity contribution in [2.45, 2.75) is 27.2 Å². The summed E-state index contributed by atoms with van der Waals surface area (Å²) in [5, 5.41) is 21.2. The fraction of sp³-hybridized carbons (Fsp3) is 0.467. The number of phenols is 1. The van der Waals surface area contributed by atoms with Crippen molar-refractivity contribution in [3.8, 4) is 5.75 Å². The molecule has 1 atom stereocenters. The van der Waals surface area contributed by atoms with Crippen molar-refractivity contribution in [2.75, 3.05) is 18.4 Å². The van der Waals surface area contributed by atoms with Crippen LogP contribution in [-0.4, -0.2) is 40.2 Å². The number of hydrogen-bond acceptors (Lipinski definition) is 3. The largest absolute Gasteiger partial charge is 0.506 e. The summed E-state index contributed by atoms with van der Waals surface area (Å²) in [6, 6.07) is 3.52. The van der Waals surface area contributed by atoms with Gasteiger partial charge in [-0.05, 0) is 31.0 Å². The topological polar surface area (TPSA) is 89.9 Å². The molecule has 116 valence electrons. The van der Waals surface area contributed by atoms with E-state index in [0.29, 0.717) is 19.0 Å². The molecule has 2 amide bonds. The highest BCUT2D eigenvalue weighted by molar-refractivity contribution is 5.93. The van der Waals surface area contributed by atoms with E-state index in [1.165, 1.54) is 12.1 Å². The Morgan fingerprint density at radius 3 is 2.48 bits per heavy atom. The minimum Gasteiger partial charge on any atom is -0.506 e. The number of hydrogen-bond donors (Lipinski definition) is 3. The number of carboxylic acid groups (broad SMARTS) is 1. The molecule has 0 aliphatic heterocycles.